The maximum atomic E-state index is 5.71. The van der Waals surface area contributed by atoms with E-state index in [1.165, 1.54) is 5.69 Å². The van der Waals surface area contributed by atoms with Crippen molar-refractivity contribution in [2.24, 2.45) is 5.10 Å². The first-order chi connectivity index (χ1) is 13.6. The molecule has 0 amide bonds. The maximum Gasteiger partial charge on any atom is 0.189 e. The summed E-state index contributed by atoms with van der Waals surface area (Å²) in [5.74, 6) is 0.794. The molecule has 4 rings (SSSR count). The molecule has 6 nitrogen and oxygen atoms in total. The van der Waals surface area contributed by atoms with Crippen molar-refractivity contribution in [2.45, 2.75) is 26.3 Å². The van der Waals surface area contributed by atoms with E-state index < -0.39 is 0 Å². The van der Waals surface area contributed by atoms with Crippen LogP contribution in [0, 0.1) is 6.92 Å². The predicted octanol–water partition coefficient (Wildman–Crippen LogP) is 2.96. The minimum absolute atomic E-state index is 0.372. The molecule has 7 heteroatoms. The molecule has 1 aromatic carbocycles. The Morgan fingerprint density at radius 2 is 2.11 bits per heavy atom. The van der Waals surface area contributed by atoms with Crippen molar-refractivity contribution >= 4 is 28.7 Å². The minimum atomic E-state index is 0.372. The average Bonchev–Trinajstić information content (AvgIpc) is 2.72. The van der Waals surface area contributed by atoms with E-state index in [1.807, 2.05) is 25.3 Å². The number of thiocarbonyl (C=S) groups is 1. The second kappa shape index (κ2) is 8.14. The first-order valence-corrected chi connectivity index (χ1v) is 10.1. The van der Waals surface area contributed by atoms with E-state index in [9.17, 15) is 0 Å². The lowest BCUT2D eigenvalue weighted by atomic mass is 10.1. The second-order valence-corrected chi connectivity index (χ2v) is 7.64. The number of piperazine rings is 1. The smallest absolute Gasteiger partial charge is 0.189 e. The van der Waals surface area contributed by atoms with Gasteiger partial charge in [0.25, 0.3) is 0 Å². The molecule has 2 aromatic rings. The fourth-order valence-electron chi connectivity index (χ4n) is 3.69. The molecular formula is C21H25N5OS. The van der Waals surface area contributed by atoms with E-state index in [0.29, 0.717) is 17.8 Å². The zero-order chi connectivity index (χ0) is 19.5. The largest absolute Gasteiger partial charge is 0.491 e. The zero-order valence-electron chi connectivity index (χ0n) is 16.3. The lowest BCUT2D eigenvalue weighted by molar-refractivity contribution is 0.317. The normalized spacial score (nSPS) is 20.5. The third-order valence-electron chi connectivity index (χ3n) is 5.15. The highest BCUT2D eigenvalue weighted by Gasteiger charge is 2.25. The van der Waals surface area contributed by atoms with Gasteiger partial charge in [-0.3, -0.25) is 10.4 Å². The quantitative estimate of drug-likeness (QED) is 0.623. The van der Waals surface area contributed by atoms with E-state index >= 15 is 0 Å². The molecule has 1 N–H and O–H groups in total. The molecular weight excluding hydrogens is 370 g/mol. The Labute approximate surface area is 171 Å². The van der Waals surface area contributed by atoms with Gasteiger partial charge < -0.3 is 14.5 Å². The number of pyridine rings is 1. The lowest BCUT2D eigenvalue weighted by Gasteiger charge is -2.42. The molecule has 1 saturated heterocycles. The number of nitrogens with zero attached hydrogens (tertiary/aromatic N) is 4. The highest BCUT2D eigenvalue weighted by Crippen LogP contribution is 2.24. The fraction of sp³-hybridized carbons (Fsp3) is 0.381. The van der Waals surface area contributed by atoms with Gasteiger partial charge in [0.2, 0.25) is 0 Å². The second-order valence-electron chi connectivity index (χ2n) is 7.26. The number of ether oxygens (including phenoxy) is 1. The van der Waals surface area contributed by atoms with E-state index in [2.05, 4.69) is 56.5 Å². The molecule has 0 spiro atoms. The van der Waals surface area contributed by atoms with Crippen molar-refractivity contribution in [1.82, 2.24) is 15.3 Å². The van der Waals surface area contributed by atoms with Crippen LogP contribution in [0.5, 0.6) is 5.75 Å². The number of hydrogen-bond donors (Lipinski definition) is 1. The van der Waals surface area contributed by atoms with Crippen molar-refractivity contribution in [1.29, 1.82) is 0 Å². The molecule has 3 heterocycles. The number of anilines is 1. The van der Waals surface area contributed by atoms with Crippen LogP contribution in [0.1, 0.15) is 24.6 Å². The number of rotatable bonds is 2. The number of para-hydroxylation sites is 1. The van der Waals surface area contributed by atoms with Gasteiger partial charge in [-0.1, -0.05) is 18.2 Å². The first kappa shape index (κ1) is 18.7. The van der Waals surface area contributed by atoms with Crippen LogP contribution in [0.15, 0.2) is 47.7 Å². The van der Waals surface area contributed by atoms with Gasteiger partial charge in [-0.15, -0.1) is 0 Å². The molecule has 1 atom stereocenters. The molecule has 1 unspecified atom stereocenters. The molecule has 0 bridgehead atoms. The fourth-order valence-corrected chi connectivity index (χ4v) is 3.90. The third kappa shape index (κ3) is 3.94. The Hall–Kier alpha value is -2.67. The topological polar surface area (TPSA) is 53.0 Å². The lowest BCUT2D eigenvalue weighted by Crippen LogP contribution is -2.55. The van der Waals surface area contributed by atoms with Gasteiger partial charge in [0.15, 0.2) is 5.11 Å². The Kier molecular flexibility index (Phi) is 5.43. The summed E-state index contributed by atoms with van der Waals surface area (Å²) in [5.41, 5.74) is 7.11. The summed E-state index contributed by atoms with van der Waals surface area (Å²) >= 11 is 5.61. The van der Waals surface area contributed by atoms with Crippen molar-refractivity contribution < 1.29 is 4.74 Å². The molecule has 0 aliphatic carbocycles. The van der Waals surface area contributed by atoms with Crippen molar-refractivity contribution in [3.05, 3.63) is 53.9 Å². The Bertz CT molecular complexity index is 886. The van der Waals surface area contributed by atoms with Gasteiger partial charge in [-0.05, 0) is 49.8 Å². The van der Waals surface area contributed by atoms with Gasteiger partial charge in [-0.25, -0.2) is 0 Å². The van der Waals surface area contributed by atoms with Crippen LogP contribution >= 0.6 is 12.2 Å². The SMILES string of the molecule is Cc1cnc2c(c1)OCC/C2=N/NC(=S)N1CCN(c2ccccc2)C(C)C1. The molecule has 28 heavy (non-hydrogen) atoms. The molecule has 0 saturated carbocycles. The highest BCUT2D eigenvalue weighted by molar-refractivity contribution is 7.80. The Balaban J connectivity index is 1.40. The summed E-state index contributed by atoms with van der Waals surface area (Å²) in [6, 6.07) is 12.9. The minimum Gasteiger partial charge on any atom is -0.491 e. The number of benzene rings is 1. The summed E-state index contributed by atoms with van der Waals surface area (Å²) < 4.78 is 5.71. The van der Waals surface area contributed by atoms with Crippen molar-refractivity contribution in [3.8, 4) is 5.75 Å². The van der Waals surface area contributed by atoms with E-state index in [-0.39, 0.29) is 0 Å². The summed E-state index contributed by atoms with van der Waals surface area (Å²) in [7, 11) is 0. The zero-order valence-corrected chi connectivity index (χ0v) is 17.1. The van der Waals surface area contributed by atoms with Gasteiger partial charge in [0.05, 0.1) is 12.3 Å². The molecule has 1 fully saturated rings. The Morgan fingerprint density at radius 1 is 1.29 bits per heavy atom. The summed E-state index contributed by atoms with van der Waals surface area (Å²) in [6.07, 6.45) is 2.56. The van der Waals surface area contributed by atoms with E-state index in [1.54, 1.807) is 0 Å². The van der Waals surface area contributed by atoms with Gasteiger partial charge in [0, 0.05) is 44.0 Å². The highest BCUT2D eigenvalue weighted by atomic mass is 32.1. The molecule has 2 aliphatic rings. The van der Waals surface area contributed by atoms with Gasteiger partial charge in [0.1, 0.15) is 11.4 Å². The van der Waals surface area contributed by atoms with Crippen LogP contribution in [-0.4, -0.2) is 53.0 Å². The van der Waals surface area contributed by atoms with Crippen LogP contribution in [0.25, 0.3) is 0 Å². The van der Waals surface area contributed by atoms with Crippen LogP contribution < -0.4 is 15.1 Å². The van der Waals surface area contributed by atoms with Crippen LogP contribution in [0.2, 0.25) is 0 Å². The standard InChI is InChI=1S/C21H25N5OS/c1-15-12-19-20(22-13-15)18(8-11-27-19)23-24-21(28)25-9-10-26(16(2)14-25)17-6-4-3-5-7-17/h3-7,12-13,16H,8-11,14H2,1-2H3,(H,24,28)/b23-18-. The molecule has 2 aliphatic heterocycles. The van der Waals surface area contributed by atoms with Crippen LogP contribution in [0.4, 0.5) is 5.69 Å². The number of aryl methyl sites for hydroxylation is 1. The number of aromatic nitrogens is 1. The number of hydrogen-bond acceptors (Lipinski definition) is 5. The average molecular weight is 396 g/mol. The van der Waals surface area contributed by atoms with Crippen LogP contribution in [-0.2, 0) is 0 Å². The number of hydrazone groups is 1. The number of nitrogens with one attached hydrogen (secondary N) is 1. The first-order valence-electron chi connectivity index (χ1n) is 9.65. The molecule has 146 valence electrons. The maximum absolute atomic E-state index is 5.71. The van der Waals surface area contributed by atoms with E-state index in [4.69, 9.17) is 17.0 Å². The number of fused-ring (bicyclic) bond motifs is 1. The monoisotopic (exact) mass is 395 g/mol. The molecule has 1 aromatic heterocycles. The molecule has 0 radical (unpaired) electrons. The van der Waals surface area contributed by atoms with Crippen molar-refractivity contribution in [2.75, 3.05) is 31.1 Å². The summed E-state index contributed by atoms with van der Waals surface area (Å²) in [4.78, 5) is 9.10. The van der Waals surface area contributed by atoms with Crippen molar-refractivity contribution in [3.63, 3.8) is 0 Å². The van der Waals surface area contributed by atoms with Gasteiger partial charge >= 0.3 is 0 Å². The summed E-state index contributed by atoms with van der Waals surface area (Å²) in [5, 5.41) is 5.22. The van der Waals surface area contributed by atoms with E-state index in [0.717, 1.165) is 48.8 Å². The summed E-state index contributed by atoms with van der Waals surface area (Å²) in [6.45, 7) is 7.51. The van der Waals surface area contributed by atoms with Gasteiger partial charge in [-0.2, -0.15) is 5.10 Å². The van der Waals surface area contributed by atoms with Crippen LogP contribution in [0.3, 0.4) is 0 Å². The third-order valence-corrected chi connectivity index (χ3v) is 5.50. The predicted molar refractivity (Wildman–Crippen MR) is 116 cm³/mol. The Morgan fingerprint density at radius 3 is 2.89 bits per heavy atom.